The molecule has 0 spiro atoms. The standard InChI is InChI=1S/C32H34O4/c33-29-19-9-5-15-25(29)23(26-16-6-10-20-30(26)34)13-3-1-2-4-14-24(27-17-7-11-21-31(27)35)28-18-8-12-22-32(28)36/h5-12,15-24,33-36H,1-4,13-14H2. The van der Waals surface area contributed by atoms with Crippen molar-refractivity contribution in [2.24, 2.45) is 0 Å². The van der Waals surface area contributed by atoms with Crippen molar-refractivity contribution in [3.8, 4) is 23.0 Å². The maximum absolute atomic E-state index is 10.5. The highest BCUT2D eigenvalue weighted by atomic mass is 16.3. The van der Waals surface area contributed by atoms with Crippen molar-refractivity contribution >= 4 is 0 Å². The molecule has 186 valence electrons. The molecule has 36 heavy (non-hydrogen) atoms. The van der Waals surface area contributed by atoms with Gasteiger partial charge in [-0.25, -0.2) is 0 Å². The molecule has 4 nitrogen and oxygen atoms in total. The Balaban J connectivity index is 1.40. The van der Waals surface area contributed by atoms with E-state index in [4.69, 9.17) is 0 Å². The number of unbranched alkanes of at least 4 members (excludes halogenated alkanes) is 3. The van der Waals surface area contributed by atoms with Crippen LogP contribution in [0.5, 0.6) is 23.0 Å². The molecule has 0 fully saturated rings. The summed E-state index contributed by atoms with van der Waals surface area (Å²) in [6, 6.07) is 29.4. The van der Waals surface area contributed by atoms with Crippen molar-refractivity contribution in [1.82, 2.24) is 0 Å². The molecule has 0 bridgehead atoms. The van der Waals surface area contributed by atoms with E-state index in [1.807, 2.05) is 72.8 Å². The summed E-state index contributed by atoms with van der Waals surface area (Å²) >= 11 is 0. The van der Waals surface area contributed by atoms with Crippen molar-refractivity contribution in [3.63, 3.8) is 0 Å². The van der Waals surface area contributed by atoms with Gasteiger partial charge in [-0.15, -0.1) is 0 Å². The Morgan fingerprint density at radius 2 is 0.611 bits per heavy atom. The van der Waals surface area contributed by atoms with Crippen molar-refractivity contribution in [1.29, 1.82) is 0 Å². The summed E-state index contributed by atoms with van der Waals surface area (Å²) in [5, 5.41) is 41.9. The highest BCUT2D eigenvalue weighted by Gasteiger charge is 2.21. The first-order valence-electron chi connectivity index (χ1n) is 12.7. The zero-order valence-electron chi connectivity index (χ0n) is 20.4. The molecule has 4 N–H and O–H groups in total. The van der Waals surface area contributed by atoms with E-state index in [0.717, 1.165) is 60.8 Å². The lowest BCUT2D eigenvalue weighted by molar-refractivity contribution is 0.442. The number of phenols is 4. The fourth-order valence-corrected chi connectivity index (χ4v) is 5.14. The van der Waals surface area contributed by atoms with Crippen LogP contribution in [0, 0.1) is 0 Å². The molecule has 0 unspecified atom stereocenters. The number of hydrogen-bond acceptors (Lipinski definition) is 4. The molecule has 4 heteroatoms. The van der Waals surface area contributed by atoms with Crippen LogP contribution in [0.3, 0.4) is 0 Å². The van der Waals surface area contributed by atoms with Crippen molar-refractivity contribution < 1.29 is 20.4 Å². The Hall–Kier alpha value is -3.92. The predicted octanol–water partition coefficient (Wildman–Crippen LogP) is 7.81. The molecule has 0 saturated carbocycles. The fourth-order valence-electron chi connectivity index (χ4n) is 5.14. The van der Waals surface area contributed by atoms with E-state index in [-0.39, 0.29) is 34.8 Å². The molecule has 0 heterocycles. The van der Waals surface area contributed by atoms with E-state index < -0.39 is 0 Å². The molecule has 0 radical (unpaired) electrons. The summed E-state index contributed by atoms with van der Waals surface area (Å²) in [5.74, 6) is 0.834. The second-order valence-corrected chi connectivity index (χ2v) is 9.33. The Bertz CT molecular complexity index is 1080. The highest BCUT2D eigenvalue weighted by molar-refractivity contribution is 5.47. The van der Waals surface area contributed by atoms with Crippen LogP contribution in [-0.2, 0) is 0 Å². The van der Waals surface area contributed by atoms with E-state index in [1.165, 1.54) is 0 Å². The molecule has 0 aliphatic rings. The van der Waals surface area contributed by atoms with E-state index in [1.54, 1.807) is 24.3 Å². The Labute approximate surface area is 213 Å². The van der Waals surface area contributed by atoms with Crippen molar-refractivity contribution in [3.05, 3.63) is 119 Å². The lowest BCUT2D eigenvalue weighted by Gasteiger charge is -2.21. The summed E-state index contributed by atoms with van der Waals surface area (Å²) in [6.07, 6.45) is 5.54. The van der Waals surface area contributed by atoms with E-state index >= 15 is 0 Å². The van der Waals surface area contributed by atoms with Gasteiger partial charge in [-0.3, -0.25) is 0 Å². The third kappa shape index (κ3) is 6.01. The molecule has 0 aromatic heterocycles. The smallest absolute Gasteiger partial charge is 0.119 e. The quantitative estimate of drug-likeness (QED) is 0.164. The highest BCUT2D eigenvalue weighted by Crippen LogP contribution is 2.40. The maximum atomic E-state index is 10.5. The van der Waals surface area contributed by atoms with Crippen LogP contribution < -0.4 is 0 Å². The number of para-hydroxylation sites is 4. The minimum atomic E-state index is -0.0809. The molecule has 0 atom stereocenters. The minimum absolute atomic E-state index is 0.0809. The number of benzene rings is 4. The SMILES string of the molecule is Oc1ccccc1C(CCCCCCC(c1ccccc1O)c1ccccc1O)c1ccccc1O. The maximum Gasteiger partial charge on any atom is 0.119 e. The van der Waals surface area contributed by atoms with E-state index in [9.17, 15) is 20.4 Å². The molecular weight excluding hydrogens is 448 g/mol. The number of phenolic OH excluding ortho intramolecular Hbond substituents is 4. The average molecular weight is 483 g/mol. The predicted molar refractivity (Wildman–Crippen MR) is 144 cm³/mol. The summed E-state index contributed by atoms with van der Waals surface area (Å²) in [6.45, 7) is 0. The second-order valence-electron chi connectivity index (χ2n) is 9.33. The zero-order valence-corrected chi connectivity index (χ0v) is 20.4. The molecule has 0 saturated heterocycles. The summed E-state index contributed by atoms with van der Waals surface area (Å²) in [5.41, 5.74) is 3.33. The summed E-state index contributed by atoms with van der Waals surface area (Å²) in [7, 11) is 0. The normalized spacial score (nSPS) is 11.3. The van der Waals surface area contributed by atoms with Gasteiger partial charge in [0.05, 0.1) is 0 Å². The molecule has 4 aromatic rings. The summed E-state index contributed by atoms with van der Waals surface area (Å²) in [4.78, 5) is 0. The third-order valence-electron chi connectivity index (χ3n) is 6.98. The van der Waals surface area contributed by atoms with Gasteiger partial charge in [-0.05, 0) is 37.1 Å². The Kier molecular flexibility index (Phi) is 8.51. The van der Waals surface area contributed by atoms with Gasteiger partial charge in [-0.2, -0.15) is 0 Å². The molecule has 0 aliphatic carbocycles. The van der Waals surface area contributed by atoms with Gasteiger partial charge < -0.3 is 20.4 Å². The van der Waals surface area contributed by atoms with Crippen LogP contribution in [0.1, 0.15) is 72.6 Å². The van der Waals surface area contributed by atoms with Gasteiger partial charge in [0.15, 0.2) is 0 Å². The molecule has 4 rings (SSSR count). The summed E-state index contributed by atoms with van der Waals surface area (Å²) < 4.78 is 0. The van der Waals surface area contributed by atoms with Gasteiger partial charge in [0.1, 0.15) is 23.0 Å². The number of hydrogen-bond donors (Lipinski definition) is 4. The van der Waals surface area contributed by atoms with Crippen LogP contribution in [0.4, 0.5) is 0 Å². The van der Waals surface area contributed by atoms with Crippen LogP contribution in [0.15, 0.2) is 97.1 Å². The van der Waals surface area contributed by atoms with Crippen LogP contribution in [0.25, 0.3) is 0 Å². The van der Waals surface area contributed by atoms with Crippen molar-refractivity contribution in [2.45, 2.75) is 50.4 Å². The Morgan fingerprint density at radius 1 is 0.361 bits per heavy atom. The van der Waals surface area contributed by atoms with Crippen LogP contribution in [-0.4, -0.2) is 20.4 Å². The first-order valence-corrected chi connectivity index (χ1v) is 12.7. The number of rotatable bonds is 11. The minimum Gasteiger partial charge on any atom is -0.508 e. The Morgan fingerprint density at radius 3 is 0.861 bits per heavy atom. The first-order chi connectivity index (χ1) is 17.6. The number of aromatic hydroxyl groups is 4. The van der Waals surface area contributed by atoms with Gasteiger partial charge in [0, 0.05) is 34.1 Å². The molecule has 0 aliphatic heterocycles. The van der Waals surface area contributed by atoms with Crippen LogP contribution in [0.2, 0.25) is 0 Å². The zero-order chi connectivity index (χ0) is 25.3. The van der Waals surface area contributed by atoms with Gasteiger partial charge in [-0.1, -0.05) is 98.5 Å². The molecule has 4 aromatic carbocycles. The van der Waals surface area contributed by atoms with E-state index in [0.29, 0.717) is 0 Å². The third-order valence-corrected chi connectivity index (χ3v) is 6.98. The topological polar surface area (TPSA) is 80.9 Å². The van der Waals surface area contributed by atoms with Gasteiger partial charge in [0.2, 0.25) is 0 Å². The van der Waals surface area contributed by atoms with Gasteiger partial charge >= 0.3 is 0 Å². The molecular formula is C32H34O4. The largest absolute Gasteiger partial charge is 0.508 e. The van der Waals surface area contributed by atoms with Gasteiger partial charge in [0.25, 0.3) is 0 Å². The lowest BCUT2D eigenvalue weighted by atomic mass is 9.84. The lowest BCUT2D eigenvalue weighted by Crippen LogP contribution is -2.03. The monoisotopic (exact) mass is 482 g/mol. The van der Waals surface area contributed by atoms with Crippen molar-refractivity contribution in [2.75, 3.05) is 0 Å². The average Bonchev–Trinajstić information content (AvgIpc) is 2.88. The second kappa shape index (κ2) is 12.2. The first kappa shape index (κ1) is 25.2. The van der Waals surface area contributed by atoms with Crippen LogP contribution >= 0.6 is 0 Å². The van der Waals surface area contributed by atoms with E-state index in [2.05, 4.69) is 0 Å². The molecule has 0 amide bonds. The fraction of sp³-hybridized carbons (Fsp3) is 0.250.